The van der Waals surface area contributed by atoms with Gasteiger partial charge in [-0.3, -0.25) is 0 Å². The number of nitrogens with zero attached hydrogens (tertiary/aromatic N) is 1. The molecule has 96 valence electrons. The van der Waals surface area contributed by atoms with E-state index in [2.05, 4.69) is 0 Å². The van der Waals surface area contributed by atoms with Gasteiger partial charge in [0.1, 0.15) is 0 Å². The molecule has 0 amide bonds. The van der Waals surface area contributed by atoms with Crippen LogP contribution in [0.5, 0.6) is 0 Å². The minimum absolute atomic E-state index is 0.350. The van der Waals surface area contributed by atoms with Crippen LogP contribution in [-0.4, -0.2) is 26.3 Å². The summed E-state index contributed by atoms with van der Waals surface area (Å²) in [7, 11) is -1.80. The number of hydrogen-bond donors (Lipinski definition) is 1. The summed E-state index contributed by atoms with van der Waals surface area (Å²) in [5.74, 6) is 0. The zero-order chi connectivity index (χ0) is 13.1. The topological polar surface area (TPSA) is 63.4 Å². The first kappa shape index (κ1) is 14.2. The molecule has 0 heterocycles. The van der Waals surface area contributed by atoms with Gasteiger partial charge in [-0.15, -0.1) is 0 Å². The minimum atomic E-state index is -3.39. The molecule has 0 fully saturated rings. The van der Waals surface area contributed by atoms with E-state index < -0.39 is 10.0 Å². The van der Waals surface area contributed by atoms with Gasteiger partial charge in [-0.2, -0.15) is 0 Å². The highest BCUT2D eigenvalue weighted by atomic mass is 32.2. The first-order chi connectivity index (χ1) is 7.97. The second-order valence-corrected chi connectivity index (χ2v) is 5.93. The lowest BCUT2D eigenvalue weighted by molar-refractivity contribution is 0.485. The maximum absolute atomic E-state index is 12.3. The maximum atomic E-state index is 12.3. The van der Waals surface area contributed by atoms with Crippen LogP contribution in [0.2, 0.25) is 0 Å². The molecule has 0 spiro atoms. The molecule has 2 N–H and O–H groups in total. The molecule has 17 heavy (non-hydrogen) atoms. The summed E-state index contributed by atoms with van der Waals surface area (Å²) < 4.78 is 25.9. The van der Waals surface area contributed by atoms with E-state index in [1.807, 2.05) is 26.0 Å². The van der Waals surface area contributed by atoms with Gasteiger partial charge in [0.25, 0.3) is 0 Å². The van der Waals surface area contributed by atoms with Crippen molar-refractivity contribution in [3.63, 3.8) is 0 Å². The van der Waals surface area contributed by atoms with Crippen molar-refractivity contribution in [2.24, 2.45) is 5.73 Å². The van der Waals surface area contributed by atoms with Gasteiger partial charge < -0.3 is 5.73 Å². The predicted molar refractivity (Wildman–Crippen MR) is 69.2 cm³/mol. The van der Waals surface area contributed by atoms with Crippen molar-refractivity contribution in [3.05, 3.63) is 29.3 Å². The molecule has 1 aromatic carbocycles. The van der Waals surface area contributed by atoms with Crippen LogP contribution in [0.25, 0.3) is 0 Å². The number of benzene rings is 1. The van der Waals surface area contributed by atoms with Crippen LogP contribution < -0.4 is 5.73 Å². The molecule has 4 nitrogen and oxygen atoms in total. The Kier molecular flexibility index (Phi) is 4.68. The highest BCUT2D eigenvalue weighted by Gasteiger charge is 2.22. The van der Waals surface area contributed by atoms with E-state index in [0.717, 1.165) is 11.1 Å². The van der Waals surface area contributed by atoms with Crippen LogP contribution in [0.4, 0.5) is 0 Å². The van der Waals surface area contributed by atoms with E-state index in [0.29, 0.717) is 24.4 Å². The van der Waals surface area contributed by atoms with Crippen LogP contribution in [0, 0.1) is 0 Å². The monoisotopic (exact) mass is 256 g/mol. The third-order valence-electron chi connectivity index (χ3n) is 2.88. The molecule has 0 bridgehead atoms. The summed E-state index contributed by atoms with van der Waals surface area (Å²) in [6.45, 7) is 4.57. The van der Waals surface area contributed by atoms with Gasteiger partial charge in [0.15, 0.2) is 0 Å². The van der Waals surface area contributed by atoms with E-state index >= 15 is 0 Å². The highest BCUT2D eigenvalue weighted by Crippen LogP contribution is 2.21. The van der Waals surface area contributed by atoms with Crippen molar-refractivity contribution < 1.29 is 8.42 Å². The van der Waals surface area contributed by atoms with E-state index in [1.54, 1.807) is 13.1 Å². The lowest BCUT2D eigenvalue weighted by atomic mass is 10.1. The number of sulfonamides is 1. The third kappa shape index (κ3) is 2.86. The molecule has 1 rings (SSSR count). The molecule has 0 saturated carbocycles. The van der Waals surface area contributed by atoms with Crippen LogP contribution in [0.1, 0.15) is 25.0 Å². The smallest absolute Gasteiger partial charge is 0.243 e. The van der Waals surface area contributed by atoms with Gasteiger partial charge in [-0.25, -0.2) is 12.7 Å². The summed E-state index contributed by atoms with van der Waals surface area (Å²) in [5.41, 5.74) is 7.23. The number of aryl methyl sites for hydroxylation is 1. The maximum Gasteiger partial charge on any atom is 0.243 e. The van der Waals surface area contributed by atoms with Gasteiger partial charge in [0.2, 0.25) is 10.0 Å². The normalized spacial score (nSPS) is 12.1. The molecular formula is C12H20N2O2S. The van der Waals surface area contributed by atoms with Crippen LogP contribution in [0.15, 0.2) is 23.1 Å². The Bertz CT molecular complexity index is 483. The van der Waals surface area contributed by atoms with Gasteiger partial charge in [0.05, 0.1) is 4.90 Å². The second-order valence-electron chi connectivity index (χ2n) is 3.92. The van der Waals surface area contributed by atoms with Crippen LogP contribution in [-0.2, 0) is 23.0 Å². The predicted octanol–water partition coefficient (Wildman–Crippen LogP) is 1.35. The van der Waals surface area contributed by atoms with Gasteiger partial charge in [0, 0.05) is 20.1 Å². The molecule has 0 aromatic heterocycles. The zero-order valence-electron chi connectivity index (χ0n) is 10.6. The van der Waals surface area contributed by atoms with Crippen molar-refractivity contribution in [1.82, 2.24) is 4.31 Å². The molecule has 0 atom stereocenters. The number of rotatable bonds is 5. The fourth-order valence-corrected chi connectivity index (χ4v) is 3.12. The first-order valence-electron chi connectivity index (χ1n) is 5.75. The number of nitrogens with two attached hydrogens (primary N) is 1. The molecular weight excluding hydrogens is 236 g/mol. The Hall–Kier alpha value is -0.910. The fraction of sp³-hybridized carbons (Fsp3) is 0.500. The van der Waals surface area contributed by atoms with E-state index in [-0.39, 0.29) is 0 Å². The van der Waals surface area contributed by atoms with Crippen molar-refractivity contribution in [3.8, 4) is 0 Å². The van der Waals surface area contributed by atoms with Crippen molar-refractivity contribution in [2.45, 2.75) is 31.7 Å². The van der Waals surface area contributed by atoms with Gasteiger partial charge in [-0.05, 0) is 23.6 Å². The van der Waals surface area contributed by atoms with E-state index in [4.69, 9.17) is 5.73 Å². The lowest BCUT2D eigenvalue weighted by Gasteiger charge is -2.18. The largest absolute Gasteiger partial charge is 0.326 e. The standard InChI is InChI=1S/C12H20N2O2S/c1-4-11-7-6-10(9-13)8-12(11)17(15,16)14(3)5-2/h6-8H,4-5,9,13H2,1-3H3. The summed E-state index contributed by atoms with van der Waals surface area (Å²) in [6.07, 6.45) is 0.691. The molecule has 0 aliphatic rings. The summed E-state index contributed by atoms with van der Waals surface area (Å²) in [6, 6.07) is 5.41. The lowest BCUT2D eigenvalue weighted by Crippen LogP contribution is -2.27. The van der Waals surface area contributed by atoms with Crippen molar-refractivity contribution in [2.75, 3.05) is 13.6 Å². The van der Waals surface area contributed by atoms with Crippen LogP contribution >= 0.6 is 0 Å². The molecule has 0 aliphatic heterocycles. The highest BCUT2D eigenvalue weighted by molar-refractivity contribution is 7.89. The number of hydrogen-bond acceptors (Lipinski definition) is 3. The van der Waals surface area contributed by atoms with E-state index in [9.17, 15) is 8.42 Å². The molecule has 0 unspecified atom stereocenters. The third-order valence-corrected chi connectivity index (χ3v) is 4.90. The first-order valence-corrected chi connectivity index (χ1v) is 7.19. The van der Waals surface area contributed by atoms with Crippen molar-refractivity contribution >= 4 is 10.0 Å². The Morgan fingerprint density at radius 2 is 1.94 bits per heavy atom. The molecule has 5 heteroatoms. The Morgan fingerprint density at radius 1 is 1.29 bits per heavy atom. The minimum Gasteiger partial charge on any atom is -0.326 e. The molecule has 1 aromatic rings. The fourth-order valence-electron chi connectivity index (χ4n) is 1.60. The second kappa shape index (κ2) is 5.62. The Morgan fingerprint density at radius 3 is 2.41 bits per heavy atom. The SMILES string of the molecule is CCc1ccc(CN)cc1S(=O)(=O)N(C)CC. The van der Waals surface area contributed by atoms with Crippen LogP contribution in [0.3, 0.4) is 0 Å². The summed E-state index contributed by atoms with van der Waals surface area (Å²) in [5, 5.41) is 0. The molecule has 0 radical (unpaired) electrons. The summed E-state index contributed by atoms with van der Waals surface area (Å²) in [4.78, 5) is 0.382. The molecule has 0 saturated heterocycles. The van der Waals surface area contributed by atoms with Crippen molar-refractivity contribution in [1.29, 1.82) is 0 Å². The quantitative estimate of drug-likeness (QED) is 0.865. The van der Waals surface area contributed by atoms with Gasteiger partial charge >= 0.3 is 0 Å². The van der Waals surface area contributed by atoms with Gasteiger partial charge in [-0.1, -0.05) is 26.0 Å². The average Bonchev–Trinajstić information content (AvgIpc) is 2.36. The average molecular weight is 256 g/mol. The van der Waals surface area contributed by atoms with E-state index in [1.165, 1.54) is 4.31 Å². The summed E-state index contributed by atoms with van der Waals surface area (Å²) >= 11 is 0. The Labute approximate surface area is 103 Å². The zero-order valence-corrected chi connectivity index (χ0v) is 11.4. The Balaban J connectivity index is 3.37. The molecule has 0 aliphatic carbocycles.